The standard InChI is InChI=1S/C17H16BrN3/c1-12-2-6-14(7-3-12)16-10-17(19)21(20-16)11-13-4-8-15(18)9-5-13/h2-10H,11,19H2,1H3. The van der Waals surface area contributed by atoms with Crippen LogP contribution >= 0.6 is 15.9 Å². The Morgan fingerprint density at radius 2 is 1.71 bits per heavy atom. The van der Waals surface area contributed by atoms with E-state index >= 15 is 0 Å². The molecule has 0 aliphatic rings. The first-order valence-corrected chi connectivity index (χ1v) is 7.56. The van der Waals surface area contributed by atoms with Gasteiger partial charge in [-0.05, 0) is 24.6 Å². The quantitative estimate of drug-likeness (QED) is 0.773. The lowest BCUT2D eigenvalue weighted by molar-refractivity contribution is 0.699. The van der Waals surface area contributed by atoms with Crippen LogP contribution in [0.15, 0.2) is 59.1 Å². The van der Waals surface area contributed by atoms with Crippen LogP contribution in [0.25, 0.3) is 11.3 Å². The van der Waals surface area contributed by atoms with Crippen LogP contribution in [0.4, 0.5) is 5.82 Å². The first kappa shape index (κ1) is 13.9. The van der Waals surface area contributed by atoms with Gasteiger partial charge in [-0.15, -0.1) is 0 Å². The number of hydrogen-bond acceptors (Lipinski definition) is 2. The van der Waals surface area contributed by atoms with E-state index in [2.05, 4.69) is 64.4 Å². The number of benzene rings is 2. The Hall–Kier alpha value is -2.07. The average molecular weight is 342 g/mol. The van der Waals surface area contributed by atoms with Crippen molar-refractivity contribution in [2.24, 2.45) is 0 Å². The van der Waals surface area contributed by atoms with Crippen molar-refractivity contribution in [2.45, 2.75) is 13.5 Å². The highest BCUT2D eigenvalue weighted by atomic mass is 79.9. The Kier molecular flexibility index (Phi) is 3.80. The first-order chi connectivity index (χ1) is 10.1. The van der Waals surface area contributed by atoms with Crippen LogP contribution in [-0.2, 0) is 6.54 Å². The van der Waals surface area contributed by atoms with Crippen molar-refractivity contribution in [2.75, 3.05) is 5.73 Å². The Morgan fingerprint density at radius 3 is 2.38 bits per heavy atom. The molecule has 21 heavy (non-hydrogen) atoms. The number of hydrogen-bond donors (Lipinski definition) is 1. The Balaban J connectivity index is 1.87. The maximum absolute atomic E-state index is 6.08. The predicted molar refractivity (Wildman–Crippen MR) is 90.1 cm³/mol. The molecule has 106 valence electrons. The molecule has 0 amide bonds. The SMILES string of the molecule is Cc1ccc(-c2cc(N)n(Cc3ccc(Br)cc3)n2)cc1. The van der Waals surface area contributed by atoms with Crippen LogP contribution in [0.3, 0.4) is 0 Å². The predicted octanol–water partition coefficient (Wildman–Crippen LogP) is 4.25. The van der Waals surface area contributed by atoms with E-state index < -0.39 is 0 Å². The lowest BCUT2D eigenvalue weighted by atomic mass is 10.1. The molecule has 0 spiro atoms. The fourth-order valence-electron chi connectivity index (χ4n) is 2.19. The molecule has 0 radical (unpaired) electrons. The molecular formula is C17H16BrN3. The van der Waals surface area contributed by atoms with E-state index in [9.17, 15) is 0 Å². The first-order valence-electron chi connectivity index (χ1n) is 6.76. The molecule has 0 bridgehead atoms. The molecular weight excluding hydrogens is 326 g/mol. The van der Waals surface area contributed by atoms with Crippen LogP contribution in [-0.4, -0.2) is 9.78 Å². The molecule has 0 saturated carbocycles. The molecule has 3 rings (SSSR count). The van der Waals surface area contributed by atoms with Crippen LogP contribution in [0.1, 0.15) is 11.1 Å². The van der Waals surface area contributed by atoms with Gasteiger partial charge in [0.1, 0.15) is 5.82 Å². The summed E-state index contributed by atoms with van der Waals surface area (Å²) in [5, 5.41) is 4.61. The van der Waals surface area contributed by atoms with Gasteiger partial charge in [-0.1, -0.05) is 57.9 Å². The number of aromatic nitrogens is 2. The summed E-state index contributed by atoms with van der Waals surface area (Å²) in [6.45, 7) is 2.75. The van der Waals surface area contributed by atoms with Gasteiger partial charge in [0.05, 0.1) is 12.2 Å². The molecule has 0 fully saturated rings. The second kappa shape index (κ2) is 5.74. The molecule has 2 N–H and O–H groups in total. The summed E-state index contributed by atoms with van der Waals surface area (Å²) in [4.78, 5) is 0. The molecule has 0 aliphatic heterocycles. The van der Waals surface area contributed by atoms with E-state index in [1.165, 1.54) is 11.1 Å². The van der Waals surface area contributed by atoms with Gasteiger partial charge in [0.2, 0.25) is 0 Å². The summed E-state index contributed by atoms with van der Waals surface area (Å²) in [6, 6.07) is 18.4. The Morgan fingerprint density at radius 1 is 1.05 bits per heavy atom. The van der Waals surface area contributed by atoms with Crippen molar-refractivity contribution in [3.63, 3.8) is 0 Å². The lowest BCUT2D eigenvalue weighted by Gasteiger charge is -2.04. The van der Waals surface area contributed by atoms with Crippen LogP contribution in [0.2, 0.25) is 0 Å². The highest BCUT2D eigenvalue weighted by Crippen LogP contribution is 2.21. The fourth-order valence-corrected chi connectivity index (χ4v) is 2.45. The minimum absolute atomic E-state index is 0.672. The van der Waals surface area contributed by atoms with Crippen LogP contribution in [0, 0.1) is 6.92 Å². The van der Waals surface area contributed by atoms with Crippen LogP contribution < -0.4 is 5.73 Å². The van der Waals surface area contributed by atoms with Gasteiger partial charge in [0, 0.05) is 16.1 Å². The summed E-state index contributed by atoms with van der Waals surface area (Å²) >= 11 is 3.44. The zero-order chi connectivity index (χ0) is 14.8. The van der Waals surface area contributed by atoms with Gasteiger partial charge >= 0.3 is 0 Å². The largest absolute Gasteiger partial charge is 0.384 e. The maximum Gasteiger partial charge on any atom is 0.122 e. The number of nitrogen functional groups attached to an aromatic ring is 1. The third kappa shape index (κ3) is 3.16. The highest BCUT2D eigenvalue weighted by Gasteiger charge is 2.07. The zero-order valence-corrected chi connectivity index (χ0v) is 13.3. The van der Waals surface area contributed by atoms with Gasteiger partial charge in [0.15, 0.2) is 0 Å². The van der Waals surface area contributed by atoms with E-state index in [1.807, 2.05) is 22.9 Å². The summed E-state index contributed by atoms with van der Waals surface area (Å²) in [5.74, 6) is 0.675. The van der Waals surface area contributed by atoms with Crippen molar-refractivity contribution in [3.8, 4) is 11.3 Å². The van der Waals surface area contributed by atoms with Gasteiger partial charge in [-0.25, -0.2) is 4.68 Å². The molecule has 0 unspecified atom stereocenters. The van der Waals surface area contributed by atoms with Crippen molar-refractivity contribution < 1.29 is 0 Å². The molecule has 1 heterocycles. The van der Waals surface area contributed by atoms with Crippen molar-refractivity contribution in [1.29, 1.82) is 0 Å². The van der Waals surface area contributed by atoms with E-state index in [1.54, 1.807) is 0 Å². The topological polar surface area (TPSA) is 43.8 Å². The number of aryl methyl sites for hydroxylation is 1. The molecule has 0 atom stereocenters. The lowest BCUT2D eigenvalue weighted by Crippen LogP contribution is -2.05. The van der Waals surface area contributed by atoms with Gasteiger partial charge in [-0.2, -0.15) is 5.10 Å². The number of rotatable bonds is 3. The zero-order valence-electron chi connectivity index (χ0n) is 11.8. The number of halogens is 1. The normalized spacial score (nSPS) is 10.8. The fraction of sp³-hybridized carbons (Fsp3) is 0.118. The monoisotopic (exact) mass is 341 g/mol. The van der Waals surface area contributed by atoms with Gasteiger partial charge in [0.25, 0.3) is 0 Å². The maximum atomic E-state index is 6.08. The second-order valence-corrected chi connectivity index (χ2v) is 6.02. The number of anilines is 1. The Bertz CT molecular complexity index is 743. The van der Waals surface area contributed by atoms with E-state index in [0.29, 0.717) is 12.4 Å². The minimum atomic E-state index is 0.672. The van der Waals surface area contributed by atoms with Gasteiger partial charge < -0.3 is 5.73 Å². The minimum Gasteiger partial charge on any atom is -0.384 e. The summed E-state index contributed by atoms with van der Waals surface area (Å²) in [7, 11) is 0. The van der Waals surface area contributed by atoms with Crippen LogP contribution in [0.5, 0.6) is 0 Å². The van der Waals surface area contributed by atoms with Crippen molar-refractivity contribution >= 4 is 21.7 Å². The second-order valence-electron chi connectivity index (χ2n) is 5.10. The molecule has 2 aromatic carbocycles. The molecule has 4 heteroatoms. The molecule has 1 aromatic heterocycles. The average Bonchev–Trinajstić information content (AvgIpc) is 2.83. The highest BCUT2D eigenvalue weighted by molar-refractivity contribution is 9.10. The van der Waals surface area contributed by atoms with Crippen molar-refractivity contribution in [3.05, 3.63) is 70.2 Å². The Labute approximate surface area is 132 Å². The number of nitrogens with zero attached hydrogens (tertiary/aromatic N) is 2. The number of nitrogens with two attached hydrogens (primary N) is 1. The third-order valence-corrected chi connectivity index (χ3v) is 3.93. The summed E-state index contributed by atoms with van der Waals surface area (Å²) in [6.07, 6.45) is 0. The van der Waals surface area contributed by atoms with Gasteiger partial charge in [-0.3, -0.25) is 0 Å². The molecule has 3 aromatic rings. The molecule has 3 nitrogen and oxygen atoms in total. The van der Waals surface area contributed by atoms with E-state index in [4.69, 9.17) is 5.73 Å². The molecule has 0 saturated heterocycles. The third-order valence-electron chi connectivity index (χ3n) is 3.40. The van der Waals surface area contributed by atoms with E-state index in [-0.39, 0.29) is 0 Å². The smallest absolute Gasteiger partial charge is 0.122 e. The van der Waals surface area contributed by atoms with E-state index in [0.717, 1.165) is 15.7 Å². The van der Waals surface area contributed by atoms with Crippen molar-refractivity contribution in [1.82, 2.24) is 9.78 Å². The molecule has 0 aliphatic carbocycles. The summed E-state index contributed by atoms with van der Waals surface area (Å²) < 4.78 is 2.90. The summed E-state index contributed by atoms with van der Waals surface area (Å²) in [5.41, 5.74) is 10.5.